The van der Waals surface area contributed by atoms with E-state index < -0.39 is 28.0 Å². The van der Waals surface area contributed by atoms with Crippen LogP contribution in [0.3, 0.4) is 0 Å². The molecule has 0 bridgehead atoms. The van der Waals surface area contributed by atoms with Crippen molar-refractivity contribution in [1.82, 2.24) is 4.98 Å². The van der Waals surface area contributed by atoms with Crippen LogP contribution in [0.15, 0.2) is 12.3 Å². The summed E-state index contributed by atoms with van der Waals surface area (Å²) < 4.78 is 37.6. The van der Waals surface area contributed by atoms with Gasteiger partial charge in [-0.15, -0.1) is 0 Å². The van der Waals surface area contributed by atoms with E-state index in [1.54, 1.807) is 13.8 Å². The summed E-state index contributed by atoms with van der Waals surface area (Å²) in [5, 5.41) is 13.4. The molecule has 19 heavy (non-hydrogen) atoms. The first kappa shape index (κ1) is 15.2. The van der Waals surface area contributed by atoms with Gasteiger partial charge in [0.1, 0.15) is 17.6 Å². The van der Waals surface area contributed by atoms with Crippen LogP contribution in [0.5, 0.6) is 0 Å². The number of anilines is 1. The highest BCUT2D eigenvalue weighted by molar-refractivity contribution is 5.62. The van der Waals surface area contributed by atoms with Gasteiger partial charge in [0.2, 0.25) is 0 Å². The number of aromatic nitrogens is 1. The molecular weight excluding hydrogens is 265 g/mol. The second-order valence-corrected chi connectivity index (χ2v) is 4.55. The van der Waals surface area contributed by atoms with Crippen LogP contribution in [0.4, 0.5) is 24.5 Å². The molecule has 1 rings (SSSR count). The number of rotatable bonds is 4. The predicted octanol–water partition coefficient (Wildman–Crippen LogP) is 2.16. The summed E-state index contributed by atoms with van der Waals surface area (Å²) in [5.74, 6) is 0. The molecule has 1 heterocycles. The normalized spacial score (nSPS) is 12.3. The molecular formula is C10H13F3N4O2. The molecule has 0 aliphatic rings. The summed E-state index contributed by atoms with van der Waals surface area (Å²) in [6.07, 6.45) is -4.09. The van der Waals surface area contributed by atoms with E-state index in [0.29, 0.717) is 12.3 Å². The summed E-state index contributed by atoms with van der Waals surface area (Å²) in [6.45, 7) is 3.32. The Morgan fingerprint density at radius 1 is 1.47 bits per heavy atom. The summed E-state index contributed by atoms with van der Waals surface area (Å²) in [7, 11) is 0. The van der Waals surface area contributed by atoms with E-state index in [1.807, 2.05) is 0 Å². The van der Waals surface area contributed by atoms with E-state index in [4.69, 9.17) is 5.73 Å². The van der Waals surface area contributed by atoms with E-state index in [1.165, 1.54) is 0 Å². The number of halogens is 3. The fourth-order valence-electron chi connectivity index (χ4n) is 1.26. The van der Waals surface area contributed by atoms with E-state index in [2.05, 4.69) is 10.3 Å². The fourth-order valence-corrected chi connectivity index (χ4v) is 1.26. The number of hydrogen-bond donors (Lipinski definition) is 2. The zero-order chi connectivity index (χ0) is 14.8. The number of nitrogens with two attached hydrogens (primary N) is 1. The standard InChI is InChI=1S/C10H13F3N4O2/c1-9(2,5-14)16-6-3-8(10(11,12)13)15-4-7(6)17(18)19/h3-4H,5,14H2,1-2H3,(H,15,16). The Kier molecular flexibility index (Phi) is 3.99. The minimum absolute atomic E-state index is 0.0911. The van der Waals surface area contributed by atoms with E-state index in [0.717, 1.165) is 0 Å². The Bertz CT molecular complexity index is 488. The largest absolute Gasteiger partial charge is 0.433 e. The van der Waals surface area contributed by atoms with Gasteiger partial charge in [-0.2, -0.15) is 13.2 Å². The fraction of sp³-hybridized carbons (Fsp3) is 0.500. The molecule has 0 fully saturated rings. The highest BCUT2D eigenvalue weighted by Crippen LogP contribution is 2.33. The third-order valence-corrected chi connectivity index (χ3v) is 2.35. The molecule has 0 saturated carbocycles. The van der Waals surface area contributed by atoms with Gasteiger partial charge >= 0.3 is 11.9 Å². The van der Waals surface area contributed by atoms with Gasteiger partial charge in [0.15, 0.2) is 0 Å². The number of hydrogen-bond acceptors (Lipinski definition) is 5. The SMILES string of the molecule is CC(C)(CN)Nc1cc(C(F)(F)F)ncc1[N+](=O)[O-]. The smallest absolute Gasteiger partial charge is 0.373 e. The number of nitro groups is 1. The second kappa shape index (κ2) is 5.00. The lowest BCUT2D eigenvalue weighted by Gasteiger charge is -2.25. The van der Waals surface area contributed by atoms with Gasteiger partial charge in [-0.05, 0) is 19.9 Å². The van der Waals surface area contributed by atoms with Gasteiger partial charge in [-0.1, -0.05) is 0 Å². The highest BCUT2D eigenvalue weighted by Gasteiger charge is 2.35. The average molecular weight is 278 g/mol. The molecule has 1 aromatic heterocycles. The molecule has 0 aliphatic carbocycles. The topological polar surface area (TPSA) is 94.1 Å². The minimum atomic E-state index is -4.67. The van der Waals surface area contributed by atoms with Gasteiger partial charge in [0.25, 0.3) is 0 Å². The van der Waals surface area contributed by atoms with Crippen molar-refractivity contribution in [2.75, 3.05) is 11.9 Å². The van der Waals surface area contributed by atoms with Crippen LogP contribution < -0.4 is 11.1 Å². The van der Waals surface area contributed by atoms with Crippen molar-refractivity contribution in [3.8, 4) is 0 Å². The lowest BCUT2D eigenvalue weighted by molar-refractivity contribution is -0.384. The van der Waals surface area contributed by atoms with Crippen molar-refractivity contribution in [3.05, 3.63) is 28.1 Å². The van der Waals surface area contributed by atoms with Gasteiger partial charge in [-0.3, -0.25) is 10.1 Å². The van der Waals surface area contributed by atoms with E-state index in [9.17, 15) is 23.3 Å². The van der Waals surface area contributed by atoms with Crippen LogP contribution in [-0.2, 0) is 6.18 Å². The van der Waals surface area contributed by atoms with E-state index in [-0.39, 0.29) is 12.2 Å². The zero-order valence-corrected chi connectivity index (χ0v) is 10.3. The monoisotopic (exact) mass is 278 g/mol. The third-order valence-electron chi connectivity index (χ3n) is 2.35. The summed E-state index contributed by atoms with van der Waals surface area (Å²) >= 11 is 0. The molecule has 9 heteroatoms. The Morgan fingerprint density at radius 2 is 2.05 bits per heavy atom. The molecule has 0 spiro atoms. The Balaban J connectivity index is 3.28. The molecule has 0 aromatic carbocycles. The average Bonchev–Trinajstić information content (AvgIpc) is 2.27. The summed E-state index contributed by atoms with van der Waals surface area (Å²) in [4.78, 5) is 13.0. The highest BCUT2D eigenvalue weighted by atomic mass is 19.4. The predicted molar refractivity (Wildman–Crippen MR) is 62.6 cm³/mol. The number of pyridine rings is 1. The van der Waals surface area contributed by atoms with Crippen LogP contribution in [0, 0.1) is 10.1 Å². The molecule has 106 valence electrons. The minimum Gasteiger partial charge on any atom is -0.373 e. The summed E-state index contributed by atoms with van der Waals surface area (Å²) in [6, 6.07) is 0.607. The molecule has 0 radical (unpaired) electrons. The van der Waals surface area contributed by atoms with Gasteiger partial charge in [0, 0.05) is 12.1 Å². The first-order valence-electron chi connectivity index (χ1n) is 5.27. The lowest BCUT2D eigenvalue weighted by atomic mass is 10.1. The van der Waals surface area contributed by atoms with Crippen molar-refractivity contribution in [2.45, 2.75) is 25.6 Å². The van der Waals surface area contributed by atoms with Crippen LogP contribution in [-0.4, -0.2) is 22.0 Å². The quantitative estimate of drug-likeness (QED) is 0.650. The summed E-state index contributed by atoms with van der Waals surface area (Å²) in [5.41, 5.74) is 2.66. The van der Waals surface area contributed by atoms with Crippen molar-refractivity contribution >= 4 is 11.4 Å². The van der Waals surface area contributed by atoms with Crippen molar-refractivity contribution < 1.29 is 18.1 Å². The lowest BCUT2D eigenvalue weighted by Crippen LogP contribution is -2.39. The maximum absolute atomic E-state index is 12.5. The van der Waals surface area contributed by atoms with Crippen molar-refractivity contribution in [2.24, 2.45) is 5.73 Å². The molecule has 0 aliphatic heterocycles. The maximum atomic E-state index is 12.5. The first-order chi connectivity index (χ1) is 8.57. The molecule has 0 unspecified atom stereocenters. The van der Waals surface area contributed by atoms with Crippen LogP contribution in [0.2, 0.25) is 0 Å². The number of alkyl halides is 3. The van der Waals surface area contributed by atoms with Crippen molar-refractivity contribution in [3.63, 3.8) is 0 Å². The number of nitrogens with zero attached hydrogens (tertiary/aromatic N) is 2. The zero-order valence-electron chi connectivity index (χ0n) is 10.3. The molecule has 0 saturated heterocycles. The molecule has 0 atom stereocenters. The number of nitrogens with one attached hydrogen (secondary N) is 1. The first-order valence-corrected chi connectivity index (χ1v) is 5.27. The van der Waals surface area contributed by atoms with Crippen molar-refractivity contribution in [1.29, 1.82) is 0 Å². The maximum Gasteiger partial charge on any atom is 0.433 e. The molecule has 6 nitrogen and oxygen atoms in total. The molecule has 0 amide bonds. The third kappa shape index (κ3) is 3.78. The Hall–Kier alpha value is -1.90. The van der Waals surface area contributed by atoms with Crippen LogP contribution in [0.25, 0.3) is 0 Å². The second-order valence-electron chi connectivity index (χ2n) is 4.55. The molecule has 1 aromatic rings. The Labute approximate surface area is 107 Å². The Morgan fingerprint density at radius 3 is 2.47 bits per heavy atom. The van der Waals surface area contributed by atoms with E-state index >= 15 is 0 Å². The van der Waals surface area contributed by atoms with Crippen LogP contribution in [0.1, 0.15) is 19.5 Å². The molecule has 3 N–H and O–H groups in total. The van der Waals surface area contributed by atoms with Gasteiger partial charge < -0.3 is 11.1 Å². The van der Waals surface area contributed by atoms with Gasteiger partial charge in [-0.25, -0.2) is 4.98 Å². The van der Waals surface area contributed by atoms with Crippen LogP contribution >= 0.6 is 0 Å². The van der Waals surface area contributed by atoms with Gasteiger partial charge in [0.05, 0.1) is 4.92 Å².